The maximum atomic E-state index is 13.4. The van der Waals surface area contributed by atoms with E-state index in [2.05, 4.69) is 0 Å². The molecule has 1 heterocycles. The van der Waals surface area contributed by atoms with E-state index in [0.29, 0.717) is 22.6 Å². The molecule has 0 aliphatic carbocycles. The highest BCUT2D eigenvalue weighted by Crippen LogP contribution is 2.24. The zero-order valence-electron chi connectivity index (χ0n) is 18.4. The van der Waals surface area contributed by atoms with Crippen molar-refractivity contribution < 1.29 is 4.79 Å². The molecule has 4 aromatic rings. The fourth-order valence-electron chi connectivity index (χ4n) is 3.66. The van der Waals surface area contributed by atoms with Gasteiger partial charge in [-0.05, 0) is 43.2 Å². The molecule has 32 heavy (non-hydrogen) atoms. The first-order valence-electron chi connectivity index (χ1n) is 10.4. The number of carbonyl (C=O) groups excluding carboxylic acids is 1. The molecule has 0 aliphatic heterocycles. The summed E-state index contributed by atoms with van der Waals surface area (Å²) in [4.78, 5) is 32.7. The lowest BCUT2D eigenvalue weighted by molar-refractivity contribution is -0.127. The fourth-order valence-corrected chi connectivity index (χ4v) is 4.61. The van der Waals surface area contributed by atoms with Crippen LogP contribution in [0.4, 0.5) is 0 Å². The van der Waals surface area contributed by atoms with Crippen LogP contribution in [-0.4, -0.2) is 33.2 Å². The number of aromatic nitrogens is 2. The third kappa shape index (κ3) is 4.60. The van der Waals surface area contributed by atoms with Gasteiger partial charge in [0.15, 0.2) is 5.16 Å². The third-order valence-corrected chi connectivity index (χ3v) is 6.27. The monoisotopic (exact) mass is 443 g/mol. The summed E-state index contributed by atoms with van der Waals surface area (Å²) in [5, 5.41) is 1.08. The van der Waals surface area contributed by atoms with Crippen LogP contribution in [0.15, 0.2) is 82.7 Å². The number of fused-ring (bicyclic) bond motifs is 1. The van der Waals surface area contributed by atoms with Crippen LogP contribution < -0.4 is 5.56 Å². The van der Waals surface area contributed by atoms with E-state index in [-0.39, 0.29) is 17.2 Å². The molecule has 0 spiro atoms. The number of hydrogen-bond acceptors (Lipinski definition) is 4. The Labute approximate surface area is 191 Å². The molecule has 0 bridgehead atoms. The van der Waals surface area contributed by atoms with Crippen molar-refractivity contribution in [2.75, 3.05) is 12.8 Å². The zero-order valence-corrected chi connectivity index (χ0v) is 19.2. The van der Waals surface area contributed by atoms with E-state index in [1.165, 1.54) is 11.8 Å². The van der Waals surface area contributed by atoms with Crippen molar-refractivity contribution in [3.8, 4) is 5.69 Å². The standard InChI is InChI=1S/C26H25N3O2S/c1-18-13-14-23(19(2)15-18)29-25(31)21-11-7-8-12-22(21)27-26(29)32-17-24(30)28(3)16-20-9-5-4-6-10-20/h4-15H,16-17H2,1-3H3. The van der Waals surface area contributed by atoms with Gasteiger partial charge in [0, 0.05) is 13.6 Å². The highest BCUT2D eigenvalue weighted by molar-refractivity contribution is 7.99. The van der Waals surface area contributed by atoms with Gasteiger partial charge in [0.25, 0.3) is 5.56 Å². The predicted octanol–water partition coefficient (Wildman–Crippen LogP) is 4.75. The van der Waals surface area contributed by atoms with Gasteiger partial charge in [0.05, 0.1) is 22.3 Å². The van der Waals surface area contributed by atoms with E-state index in [9.17, 15) is 9.59 Å². The van der Waals surface area contributed by atoms with Crippen LogP contribution in [0.5, 0.6) is 0 Å². The Morgan fingerprint density at radius 2 is 1.72 bits per heavy atom. The van der Waals surface area contributed by atoms with E-state index in [4.69, 9.17) is 4.98 Å². The van der Waals surface area contributed by atoms with E-state index in [1.54, 1.807) is 22.6 Å². The van der Waals surface area contributed by atoms with Gasteiger partial charge in [-0.3, -0.25) is 14.2 Å². The number of thioether (sulfide) groups is 1. The minimum absolute atomic E-state index is 0.0200. The van der Waals surface area contributed by atoms with Crippen molar-refractivity contribution in [2.24, 2.45) is 0 Å². The number of hydrogen-bond donors (Lipinski definition) is 0. The summed E-state index contributed by atoms with van der Waals surface area (Å²) in [6.45, 7) is 4.54. The molecule has 0 saturated carbocycles. The van der Waals surface area contributed by atoms with Gasteiger partial charge in [-0.2, -0.15) is 0 Å². The molecule has 6 heteroatoms. The maximum absolute atomic E-state index is 13.4. The largest absolute Gasteiger partial charge is 0.341 e. The summed E-state index contributed by atoms with van der Waals surface area (Å²) in [5.41, 5.74) is 4.47. The number of aryl methyl sites for hydroxylation is 2. The van der Waals surface area contributed by atoms with Crippen molar-refractivity contribution in [3.05, 3.63) is 99.8 Å². The van der Waals surface area contributed by atoms with Crippen molar-refractivity contribution >= 4 is 28.6 Å². The third-order valence-electron chi connectivity index (χ3n) is 5.35. The second-order valence-corrected chi connectivity index (χ2v) is 8.81. The lowest BCUT2D eigenvalue weighted by Crippen LogP contribution is -2.28. The number of benzene rings is 3. The Morgan fingerprint density at radius 1 is 1.00 bits per heavy atom. The molecule has 0 saturated heterocycles. The number of carbonyl (C=O) groups is 1. The van der Waals surface area contributed by atoms with Crippen molar-refractivity contribution in [2.45, 2.75) is 25.5 Å². The minimum Gasteiger partial charge on any atom is -0.341 e. The topological polar surface area (TPSA) is 55.2 Å². The first kappa shape index (κ1) is 21.8. The van der Waals surface area contributed by atoms with Crippen molar-refractivity contribution in [1.29, 1.82) is 0 Å². The highest BCUT2D eigenvalue weighted by Gasteiger charge is 2.17. The van der Waals surface area contributed by atoms with Crippen molar-refractivity contribution in [1.82, 2.24) is 14.5 Å². The maximum Gasteiger partial charge on any atom is 0.266 e. The minimum atomic E-state index is -0.129. The van der Waals surface area contributed by atoms with Gasteiger partial charge in [0.1, 0.15) is 0 Å². The van der Waals surface area contributed by atoms with E-state index in [1.807, 2.05) is 80.6 Å². The molecule has 0 N–H and O–H groups in total. The SMILES string of the molecule is Cc1ccc(-n2c(SCC(=O)N(C)Cc3ccccc3)nc3ccccc3c2=O)c(C)c1. The average Bonchev–Trinajstić information content (AvgIpc) is 2.79. The Morgan fingerprint density at radius 3 is 2.47 bits per heavy atom. The van der Waals surface area contributed by atoms with E-state index < -0.39 is 0 Å². The lowest BCUT2D eigenvalue weighted by Gasteiger charge is -2.18. The van der Waals surface area contributed by atoms with Crippen LogP contribution in [0.3, 0.4) is 0 Å². The van der Waals surface area contributed by atoms with E-state index >= 15 is 0 Å². The van der Waals surface area contributed by atoms with Gasteiger partial charge in [-0.1, -0.05) is 71.9 Å². The molecule has 1 aromatic heterocycles. The van der Waals surface area contributed by atoms with E-state index in [0.717, 1.165) is 22.4 Å². The molecule has 4 rings (SSSR count). The first-order valence-corrected chi connectivity index (χ1v) is 11.4. The lowest BCUT2D eigenvalue weighted by atomic mass is 10.1. The molecule has 0 fully saturated rings. The fraction of sp³-hybridized carbons (Fsp3) is 0.192. The smallest absolute Gasteiger partial charge is 0.266 e. The number of rotatable bonds is 6. The van der Waals surface area contributed by atoms with Gasteiger partial charge >= 0.3 is 0 Å². The highest BCUT2D eigenvalue weighted by atomic mass is 32.2. The normalized spacial score (nSPS) is 11.0. The van der Waals surface area contributed by atoms with Gasteiger partial charge < -0.3 is 4.90 Å². The van der Waals surface area contributed by atoms with Crippen molar-refractivity contribution in [3.63, 3.8) is 0 Å². The Hall–Kier alpha value is -3.38. The Balaban J connectivity index is 1.67. The van der Waals surface area contributed by atoms with Crippen LogP contribution in [-0.2, 0) is 11.3 Å². The first-order chi connectivity index (χ1) is 15.4. The summed E-state index contributed by atoms with van der Waals surface area (Å²) in [6, 6.07) is 23.2. The average molecular weight is 444 g/mol. The Kier molecular flexibility index (Phi) is 6.42. The van der Waals surface area contributed by atoms with Crippen LogP contribution in [0.25, 0.3) is 16.6 Å². The predicted molar refractivity (Wildman–Crippen MR) is 130 cm³/mol. The molecule has 3 aromatic carbocycles. The van der Waals surface area contributed by atoms with Crippen LogP contribution in [0, 0.1) is 13.8 Å². The van der Waals surface area contributed by atoms with Crippen LogP contribution in [0.1, 0.15) is 16.7 Å². The molecule has 1 amide bonds. The van der Waals surface area contributed by atoms with Gasteiger partial charge in [-0.25, -0.2) is 4.98 Å². The zero-order chi connectivity index (χ0) is 22.7. The molecule has 5 nitrogen and oxygen atoms in total. The Bertz CT molecular complexity index is 1330. The van der Waals surface area contributed by atoms with Gasteiger partial charge in [-0.15, -0.1) is 0 Å². The molecule has 0 unspecified atom stereocenters. The molecular weight excluding hydrogens is 418 g/mol. The summed E-state index contributed by atoms with van der Waals surface area (Å²) < 4.78 is 1.63. The second-order valence-electron chi connectivity index (χ2n) is 7.87. The quantitative estimate of drug-likeness (QED) is 0.319. The molecule has 0 radical (unpaired) electrons. The molecular formula is C26H25N3O2S. The second kappa shape index (κ2) is 9.40. The number of amides is 1. The number of nitrogens with zero attached hydrogens (tertiary/aromatic N) is 3. The number of para-hydroxylation sites is 1. The molecule has 0 aliphatic rings. The van der Waals surface area contributed by atoms with Gasteiger partial charge in [0.2, 0.25) is 5.91 Å². The molecule has 0 atom stereocenters. The van der Waals surface area contributed by atoms with Crippen LogP contribution >= 0.6 is 11.8 Å². The summed E-state index contributed by atoms with van der Waals surface area (Å²) in [5.74, 6) is 0.174. The summed E-state index contributed by atoms with van der Waals surface area (Å²) in [6.07, 6.45) is 0. The van der Waals surface area contributed by atoms with Crippen LogP contribution in [0.2, 0.25) is 0 Å². The summed E-state index contributed by atoms with van der Waals surface area (Å²) in [7, 11) is 1.79. The molecule has 162 valence electrons. The summed E-state index contributed by atoms with van der Waals surface area (Å²) >= 11 is 1.29.